The summed E-state index contributed by atoms with van der Waals surface area (Å²) < 4.78 is 0. The highest BCUT2D eigenvalue weighted by atomic mass is 35.5. The van der Waals surface area contributed by atoms with Crippen LogP contribution >= 0.6 is 11.6 Å². The number of fused-ring (bicyclic) bond motifs is 1. The first kappa shape index (κ1) is 25.3. The third kappa shape index (κ3) is 5.64. The summed E-state index contributed by atoms with van der Waals surface area (Å²) in [5, 5.41) is 7.58. The van der Waals surface area contributed by atoms with Gasteiger partial charge in [-0.1, -0.05) is 36.7 Å². The molecule has 2 saturated heterocycles. The highest BCUT2D eigenvalue weighted by Gasteiger charge is 2.36. The van der Waals surface area contributed by atoms with E-state index in [4.69, 9.17) is 11.6 Å². The Kier molecular flexibility index (Phi) is 7.71. The number of likely N-dealkylation sites (tertiary alicyclic amines) is 2. The molecule has 6 heteroatoms. The lowest BCUT2D eigenvalue weighted by atomic mass is 9.95. The van der Waals surface area contributed by atoms with Gasteiger partial charge in [-0.2, -0.15) is 0 Å². The van der Waals surface area contributed by atoms with Crippen molar-refractivity contribution in [3.05, 3.63) is 64.2 Å². The van der Waals surface area contributed by atoms with Gasteiger partial charge in [-0.15, -0.1) is 0 Å². The molecule has 3 aliphatic heterocycles. The summed E-state index contributed by atoms with van der Waals surface area (Å²) in [6, 6.07) is 13.0. The summed E-state index contributed by atoms with van der Waals surface area (Å²) >= 11 is 6.40. The number of aryl methyl sites for hydroxylation is 2. The molecule has 2 aromatic rings. The van der Waals surface area contributed by atoms with Gasteiger partial charge in [0.1, 0.15) is 5.66 Å². The van der Waals surface area contributed by atoms with Gasteiger partial charge in [-0.05, 0) is 106 Å². The van der Waals surface area contributed by atoms with E-state index in [2.05, 4.69) is 64.6 Å². The third-order valence-electron chi connectivity index (χ3n) is 8.24. The van der Waals surface area contributed by atoms with E-state index >= 15 is 0 Å². The first-order valence-electron chi connectivity index (χ1n) is 13.6. The first-order chi connectivity index (χ1) is 17.4. The summed E-state index contributed by atoms with van der Waals surface area (Å²) in [6.07, 6.45) is 11.7. The van der Waals surface area contributed by atoms with Gasteiger partial charge in [0, 0.05) is 41.9 Å². The number of nitrogens with zero attached hydrogens (tertiary/aromatic N) is 2. The van der Waals surface area contributed by atoms with E-state index in [9.17, 15) is 4.79 Å². The summed E-state index contributed by atoms with van der Waals surface area (Å²) in [7, 11) is 0. The van der Waals surface area contributed by atoms with Gasteiger partial charge in [0.05, 0.1) is 0 Å². The predicted molar refractivity (Wildman–Crippen MR) is 151 cm³/mol. The lowest BCUT2D eigenvalue weighted by Gasteiger charge is -2.47. The molecule has 5 nitrogen and oxygen atoms in total. The molecule has 0 aliphatic carbocycles. The highest BCUT2D eigenvalue weighted by molar-refractivity contribution is 6.31. The van der Waals surface area contributed by atoms with Crippen LogP contribution in [0.25, 0.3) is 6.08 Å². The number of piperidine rings is 1. The van der Waals surface area contributed by atoms with Gasteiger partial charge < -0.3 is 15.5 Å². The summed E-state index contributed by atoms with van der Waals surface area (Å²) in [5.74, 6) is 0.00374. The van der Waals surface area contributed by atoms with Crippen LogP contribution in [0, 0.1) is 0 Å². The number of rotatable bonds is 7. The number of hydrogen-bond acceptors (Lipinski definition) is 4. The van der Waals surface area contributed by atoms with E-state index in [-0.39, 0.29) is 11.6 Å². The normalized spacial score (nSPS) is 22.9. The fraction of sp³-hybridized carbons (Fsp3) is 0.500. The number of anilines is 2. The molecule has 2 fully saturated rings. The van der Waals surface area contributed by atoms with E-state index in [0.29, 0.717) is 12.8 Å². The van der Waals surface area contributed by atoms with Gasteiger partial charge in [0.25, 0.3) is 0 Å². The van der Waals surface area contributed by atoms with Crippen LogP contribution < -0.4 is 10.6 Å². The molecule has 2 aromatic carbocycles. The molecule has 0 saturated carbocycles. The lowest BCUT2D eigenvalue weighted by molar-refractivity contribution is -0.116. The van der Waals surface area contributed by atoms with Crippen molar-refractivity contribution in [3.8, 4) is 0 Å². The van der Waals surface area contributed by atoms with Crippen molar-refractivity contribution in [3.63, 3.8) is 0 Å². The molecule has 1 unspecified atom stereocenters. The molecule has 5 rings (SSSR count). The van der Waals surface area contributed by atoms with Crippen LogP contribution in [-0.4, -0.2) is 53.6 Å². The average Bonchev–Trinajstić information content (AvgIpc) is 3.43. The van der Waals surface area contributed by atoms with Crippen LogP contribution in [-0.2, 0) is 17.6 Å². The monoisotopic (exact) mass is 506 g/mol. The summed E-state index contributed by atoms with van der Waals surface area (Å²) in [4.78, 5) is 17.9. The largest absolute Gasteiger partial charge is 0.364 e. The van der Waals surface area contributed by atoms with Crippen LogP contribution in [0.4, 0.5) is 11.4 Å². The van der Waals surface area contributed by atoms with Crippen LogP contribution in [0.5, 0.6) is 0 Å². The Morgan fingerprint density at radius 1 is 1.11 bits per heavy atom. The Morgan fingerprint density at radius 3 is 2.61 bits per heavy atom. The molecule has 36 heavy (non-hydrogen) atoms. The molecule has 2 N–H and O–H groups in total. The molecular formula is C30H39ClN4O. The van der Waals surface area contributed by atoms with E-state index in [0.717, 1.165) is 53.1 Å². The van der Waals surface area contributed by atoms with Gasteiger partial charge in [0.15, 0.2) is 0 Å². The zero-order valence-corrected chi connectivity index (χ0v) is 22.4. The smallest absolute Gasteiger partial charge is 0.224 e. The first-order valence-corrected chi connectivity index (χ1v) is 14.0. The van der Waals surface area contributed by atoms with Crippen molar-refractivity contribution in [2.75, 3.05) is 36.8 Å². The molecule has 3 aliphatic rings. The maximum Gasteiger partial charge on any atom is 0.224 e. The Bertz CT molecular complexity index is 1120. The van der Waals surface area contributed by atoms with Crippen molar-refractivity contribution >= 4 is 35.0 Å². The number of benzene rings is 2. The second-order valence-electron chi connectivity index (χ2n) is 10.7. The van der Waals surface area contributed by atoms with Gasteiger partial charge in [-0.25, -0.2) is 0 Å². The SMILES string of the molecule is CCc1ccc(CCC(=O)Nc2ccc3c(c2)C=CC(C)(N2CCC(N4CCCC4)CC2)N3)c(Cl)c1. The van der Waals surface area contributed by atoms with Crippen molar-refractivity contribution in [1.29, 1.82) is 0 Å². The second-order valence-corrected chi connectivity index (χ2v) is 11.1. The molecule has 0 bridgehead atoms. The summed E-state index contributed by atoms with van der Waals surface area (Å²) in [6.45, 7) is 9.18. The standard InChI is InChI=1S/C30H39ClN4O/c1-3-22-6-7-23(27(31)20-22)8-11-29(36)32-25-9-10-28-24(21-25)12-15-30(2,33-28)35-18-13-26(14-19-35)34-16-4-5-17-34/h6-7,9-10,12,15,20-21,26,33H,3-5,8,11,13-14,16-19H2,1-2H3,(H,32,36). The number of hydrogen-bond donors (Lipinski definition) is 2. The number of carbonyl (C=O) groups is 1. The highest BCUT2D eigenvalue weighted by Crippen LogP contribution is 2.34. The van der Waals surface area contributed by atoms with Crippen LogP contribution in [0.2, 0.25) is 5.02 Å². The van der Waals surface area contributed by atoms with E-state index in [1.165, 1.54) is 44.3 Å². The zero-order valence-electron chi connectivity index (χ0n) is 21.7. The van der Waals surface area contributed by atoms with Gasteiger partial charge in [0.2, 0.25) is 5.91 Å². The predicted octanol–water partition coefficient (Wildman–Crippen LogP) is 6.19. The van der Waals surface area contributed by atoms with E-state index < -0.39 is 0 Å². The molecule has 1 amide bonds. The third-order valence-corrected chi connectivity index (χ3v) is 8.59. The Labute approximate surface area is 220 Å². The Morgan fingerprint density at radius 2 is 1.89 bits per heavy atom. The van der Waals surface area contributed by atoms with Crippen LogP contribution in [0.1, 0.15) is 62.6 Å². The molecule has 0 radical (unpaired) electrons. The zero-order chi connectivity index (χ0) is 25.1. The van der Waals surface area contributed by atoms with E-state index in [1.54, 1.807) is 0 Å². The van der Waals surface area contributed by atoms with Crippen LogP contribution in [0.3, 0.4) is 0 Å². The topological polar surface area (TPSA) is 47.6 Å². The summed E-state index contributed by atoms with van der Waals surface area (Å²) in [5.41, 5.74) is 5.10. The fourth-order valence-electron chi connectivity index (χ4n) is 5.93. The minimum Gasteiger partial charge on any atom is -0.364 e. The number of amides is 1. The van der Waals surface area contributed by atoms with E-state index in [1.807, 2.05) is 18.2 Å². The molecule has 0 aromatic heterocycles. The molecule has 3 heterocycles. The van der Waals surface area contributed by atoms with Crippen molar-refractivity contribution in [1.82, 2.24) is 9.80 Å². The number of nitrogens with one attached hydrogen (secondary N) is 2. The quantitative estimate of drug-likeness (QED) is 0.470. The fourth-order valence-corrected chi connectivity index (χ4v) is 6.23. The minimum atomic E-state index is -0.180. The van der Waals surface area contributed by atoms with Crippen LogP contribution in [0.15, 0.2) is 42.5 Å². The number of halogens is 1. The van der Waals surface area contributed by atoms with Crippen molar-refractivity contribution in [2.45, 2.75) is 70.5 Å². The number of carbonyl (C=O) groups excluding carboxylic acids is 1. The molecule has 1 atom stereocenters. The van der Waals surface area contributed by atoms with Crippen molar-refractivity contribution < 1.29 is 4.79 Å². The average molecular weight is 507 g/mol. The molecular weight excluding hydrogens is 468 g/mol. The second kappa shape index (κ2) is 11.0. The van der Waals surface area contributed by atoms with Gasteiger partial charge >= 0.3 is 0 Å². The van der Waals surface area contributed by atoms with Crippen molar-refractivity contribution in [2.24, 2.45) is 0 Å². The Hall–Kier alpha value is -2.34. The van der Waals surface area contributed by atoms with Gasteiger partial charge in [-0.3, -0.25) is 9.69 Å². The maximum atomic E-state index is 12.6. The molecule has 192 valence electrons. The molecule has 0 spiro atoms. The maximum absolute atomic E-state index is 12.6. The Balaban J connectivity index is 1.16. The minimum absolute atomic E-state index is 0.00374. The lowest BCUT2D eigenvalue weighted by Crippen LogP contribution is -2.56.